The molecule has 0 heterocycles. The van der Waals surface area contributed by atoms with Gasteiger partial charge in [-0.3, -0.25) is 0 Å². The lowest BCUT2D eigenvalue weighted by Gasteiger charge is -1.31. The van der Waals surface area contributed by atoms with E-state index in [1.165, 1.54) is 0 Å². The van der Waals surface area contributed by atoms with Gasteiger partial charge in [-0.05, 0) is 27.7 Å². The van der Waals surface area contributed by atoms with Gasteiger partial charge < -0.3 is 0 Å². The fourth-order valence-corrected chi connectivity index (χ4v) is 0. The zero-order valence-electron chi connectivity index (χ0n) is 13.4. The van der Waals surface area contributed by atoms with E-state index in [0.29, 0.717) is 0 Å². The highest BCUT2D eigenvalue weighted by atomic mass is 13.2. The van der Waals surface area contributed by atoms with E-state index < -0.39 is 0 Å². The number of hydrogen-bond donors (Lipinski definition) is 0. The highest BCUT2D eigenvalue weighted by Crippen LogP contribution is 1.39. The minimum absolute atomic E-state index is 1.75. The predicted molar refractivity (Wildman–Crippen MR) is 97.2 cm³/mol. The maximum Gasteiger partial charge on any atom is -0.0473 e. The molecule has 0 aromatic carbocycles. The van der Waals surface area contributed by atoms with Crippen molar-refractivity contribution in [3.63, 3.8) is 0 Å². The summed E-state index contributed by atoms with van der Waals surface area (Å²) in [5.74, 6) is 0. The van der Waals surface area contributed by atoms with Gasteiger partial charge in [0, 0.05) is 0 Å². The fraction of sp³-hybridized carbons (Fsp3) is 0.222. The third-order valence-corrected chi connectivity index (χ3v) is 0. The number of allylic oxidation sites excluding steroid dienone is 4. The van der Waals surface area contributed by atoms with Crippen molar-refractivity contribution in [3.8, 4) is 0 Å². The summed E-state index contributed by atoms with van der Waals surface area (Å²) in [7, 11) is 0. The topological polar surface area (TPSA) is 0 Å². The first-order valence-corrected chi connectivity index (χ1v) is 5.44. The first-order valence-electron chi connectivity index (χ1n) is 5.44. The Morgan fingerprint density at radius 3 is 0.389 bits per heavy atom. The van der Waals surface area contributed by atoms with Crippen LogP contribution in [0.25, 0.3) is 0 Å². The molecular formula is C18H36. The largest absolute Gasteiger partial charge is 0.106 e. The molecule has 0 aliphatic heterocycles. The van der Waals surface area contributed by atoms with Crippen molar-refractivity contribution in [1.29, 1.82) is 0 Å². The van der Waals surface area contributed by atoms with Gasteiger partial charge in [0.25, 0.3) is 0 Å². The van der Waals surface area contributed by atoms with E-state index in [2.05, 4.69) is 65.8 Å². The van der Waals surface area contributed by atoms with Crippen molar-refractivity contribution in [2.45, 2.75) is 27.7 Å². The average Bonchev–Trinajstić information content (AvgIpc) is 2.40. The highest BCUT2D eigenvalue weighted by Gasteiger charge is 1.15. The molecule has 0 nitrogen and oxygen atoms in total. The molecule has 18 heavy (non-hydrogen) atoms. The van der Waals surface area contributed by atoms with Crippen molar-refractivity contribution in [2.75, 3.05) is 0 Å². The molecule has 0 aliphatic carbocycles. The lowest BCUT2D eigenvalue weighted by Crippen LogP contribution is -1.07. The van der Waals surface area contributed by atoms with Gasteiger partial charge in [0.05, 0.1) is 0 Å². The Kier molecular flexibility index (Phi) is 1580. The molecule has 0 rings (SSSR count). The normalized spacial score (nSPS) is 3.56. The minimum atomic E-state index is 1.75. The van der Waals surface area contributed by atoms with Crippen LogP contribution in [0.3, 0.4) is 0 Å². The molecule has 0 aliphatic rings. The molecule has 0 saturated carbocycles. The summed E-state index contributed by atoms with van der Waals surface area (Å²) in [4.78, 5) is 0. The predicted octanol–water partition coefficient (Wildman–Crippen LogP) is 7.18. The van der Waals surface area contributed by atoms with E-state index in [0.717, 1.165) is 0 Å². The smallest absolute Gasteiger partial charge is 0.0473 e. The number of hydrogen-bond acceptors (Lipinski definition) is 0. The molecule has 0 saturated heterocycles. The fourth-order valence-electron chi connectivity index (χ4n) is 0. The summed E-state index contributed by atoms with van der Waals surface area (Å²) in [6, 6.07) is 0. The van der Waals surface area contributed by atoms with E-state index in [1.807, 2.05) is 27.7 Å². The molecule has 0 aromatic rings. The van der Waals surface area contributed by atoms with Crippen LogP contribution in [-0.4, -0.2) is 0 Å². The van der Waals surface area contributed by atoms with Gasteiger partial charge in [0.2, 0.25) is 0 Å². The van der Waals surface area contributed by atoms with E-state index in [9.17, 15) is 0 Å². The SMILES string of the molecule is C=C.C=C.C=C.C=CC.C=CC.C=CC.C=CC. The van der Waals surface area contributed by atoms with Crippen LogP contribution in [0.15, 0.2) is 90.1 Å². The summed E-state index contributed by atoms with van der Waals surface area (Å²) in [5.41, 5.74) is 0. The second-order valence-corrected chi connectivity index (χ2v) is 1.63. The van der Waals surface area contributed by atoms with Crippen LogP contribution in [0.1, 0.15) is 27.7 Å². The quantitative estimate of drug-likeness (QED) is 0.401. The van der Waals surface area contributed by atoms with Crippen molar-refractivity contribution < 1.29 is 0 Å². The monoisotopic (exact) mass is 252 g/mol. The summed E-state index contributed by atoms with van der Waals surface area (Å²) < 4.78 is 0. The van der Waals surface area contributed by atoms with Gasteiger partial charge in [0.1, 0.15) is 0 Å². The standard InChI is InChI=1S/4C3H6.3C2H4/c4*1-3-2;3*1-2/h4*3H,1H2,2H3;3*1-2H2. The average molecular weight is 252 g/mol. The van der Waals surface area contributed by atoms with Crippen molar-refractivity contribution >= 4 is 0 Å². The van der Waals surface area contributed by atoms with Crippen LogP contribution in [0.5, 0.6) is 0 Å². The molecule has 0 spiro atoms. The van der Waals surface area contributed by atoms with E-state index >= 15 is 0 Å². The summed E-state index contributed by atoms with van der Waals surface area (Å²) >= 11 is 0. The molecule has 0 amide bonds. The van der Waals surface area contributed by atoms with Gasteiger partial charge in [-0.25, -0.2) is 0 Å². The van der Waals surface area contributed by atoms with Crippen LogP contribution in [0.4, 0.5) is 0 Å². The van der Waals surface area contributed by atoms with Crippen LogP contribution in [0, 0.1) is 0 Å². The molecule has 0 aromatic heterocycles. The summed E-state index contributed by atoms with van der Waals surface area (Å²) in [6.07, 6.45) is 7.00. The zero-order chi connectivity index (χ0) is 16.8. The third-order valence-electron chi connectivity index (χ3n) is 0. The molecule has 0 unspecified atom stereocenters. The van der Waals surface area contributed by atoms with Crippen molar-refractivity contribution in [2.24, 2.45) is 0 Å². The van der Waals surface area contributed by atoms with Gasteiger partial charge in [-0.15, -0.1) is 65.8 Å². The number of rotatable bonds is 0. The first kappa shape index (κ1) is 44.2. The van der Waals surface area contributed by atoms with Crippen LogP contribution in [-0.2, 0) is 0 Å². The Bertz CT molecular complexity index is 80.5. The van der Waals surface area contributed by atoms with Crippen LogP contribution in [0.2, 0.25) is 0 Å². The minimum Gasteiger partial charge on any atom is -0.106 e. The van der Waals surface area contributed by atoms with Gasteiger partial charge in [-0.1, -0.05) is 24.3 Å². The Balaban J connectivity index is -0.0000000159. The van der Waals surface area contributed by atoms with Crippen LogP contribution >= 0.6 is 0 Å². The molecule has 0 N–H and O–H groups in total. The Labute approximate surface area is 118 Å². The van der Waals surface area contributed by atoms with Crippen LogP contribution < -0.4 is 0 Å². The highest BCUT2D eigenvalue weighted by molar-refractivity contribution is 4.52. The Morgan fingerprint density at radius 2 is 0.389 bits per heavy atom. The lowest BCUT2D eigenvalue weighted by atomic mass is 10.8. The van der Waals surface area contributed by atoms with Crippen molar-refractivity contribution in [1.82, 2.24) is 0 Å². The van der Waals surface area contributed by atoms with Crippen molar-refractivity contribution in [3.05, 3.63) is 90.1 Å². The summed E-state index contributed by atoms with van der Waals surface area (Å²) in [6.45, 7) is 39.0. The Hall–Kier alpha value is -1.82. The Morgan fingerprint density at radius 1 is 0.389 bits per heavy atom. The molecule has 0 heteroatoms. The lowest BCUT2D eigenvalue weighted by molar-refractivity contribution is 1.80. The maximum absolute atomic E-state index is 3.36. The molecule has 0 radical (unpaired) electrons. The maximum atomic E-state index is 3.36. The third kappa shape index (κ3) is 744. The van der Waals surface area contributed by atoms with Gasteiger partial charge in [-0.2, -0.15) is 0 Å². The summed E-state index contributed by atoms with van der Waals surface area (Å²) in [5, 5.41) is 0. The van der Waals surface area contributed by atoms with Gasteiger partial charge in [0.15, 0.2) is 0 Å². The zero-order valence-corrected chi connectivity index (χ0v) is 13.4. The second kappa shape index (κ2) is 642. The van der Waals surface area contributed by atoms with Gasteiger partial charge >= 0.3 is 0 Å². The molecule has 108 valence electrons. The molecule has 0 bridgehead atoms. The molecule has 0 atom stereocenters. The molecule has 0 fully saturated rings. The van der Waals surface area contributed by atoms with E-state index in [4.69, 9.17) is 0 Å². The second-order valence-electron chi connectivity index (χ2n) is 1.63. The first-order chi connectivity index (χ1) is 8.66. The molecular weight excluding hydrogens is 216 g/mol. The van der Waals surface area contributed by atoms with E-state index in [1.54, 1.807) is 24.3 Å². The van der Waals surface area contributed by atoms with E-state index in [-0.39, 0.29) is 0 Å².